The van der Waals surface area contributed by atoms with Crippen LogP contribution in [0.25, 0.3) is 0 Å². The van der Waals surface area contributed by atoms with Gasteiger partial charge in [-0.05, 0) is 63.4 Å². The van der Waals surface area contributed by atoms with Gasteiger partial charge in [0.05, 0.1) is 0 Å². The molecule has 2 N–H and O–H groups in total. The van der Waals surface area contributed by atoms with E-state index in [2.05, 4.69) is 16.6 Å². The van der Waals surface area contributed by atoms with Crippen molar-refractivity contribution in [2.45, 2.75) is 58.7 Å². The van der Waals surface area contributed by atoms with Crippen LogP contribution in [0.2, 0.25) is 0 Å². The highest BCUT2D eigenvalue weighted by molar-refractivity contribution is 5.99. The highest BCUT2D eigenvalue weighted by Crippen LogP contribution is 2.28. The van der Waals surface area contributed by atoms with E-state index >= 15 is 0 Å². The SMILES string of the molecule is C#Cc1ccccc1C(C(=O)Nc1ccccc1C)N(CC)C(=O)C(Cc1ccccc1)NC(=O)OC(C)(C)C. The van der Waals surface area contributed by atoms with Gasteiger partial charge in [-0.1, -0.05) is 72.7 Å². The number of terminal acetylenes is 1. The second-order valence-electron chi connectivity index (χ2n) is 10.5. The molecule has 40 heavy (non-hydrogen) atoms. The van der Waals surface area contributed by atoms with Gasteiger partial charge in [0.25, 0.3) is 5.91 Å². The fourth-order valence-corrected chi connectivity index (χ4v) is 4.40. The van der Waals surface area contributed by atoms with E-state index in [0.717, 1.165) is 11.1 Å². The summed E-state index contributed by atoms with van der Waals surface area (Å²) in [4.78, 5) is 42.5. The molecule has 208 valence electrons. The number of nitrogens with zero attached hydrogens (tertiary/aromatic N) is 1. The number of alkyl carbamates (subject to hydrolysis) is 1. The fraction of sp³-hybridized carbons (Fsp3) is 0.303. The first-order valence-electron chi connectivity index (χ1n) is 13.3. The average Bonchev–Trinajstić information content (AvgIpc) is 2.91. The van der Waals surface area contributed by atoms with Crippen LogP contribution in [0, 0.1) is 19.3 Å². The van der Waals surface area contributed by atoms with Gasteiger partial charge in [0.1, 0.15) is 17.7 Å². The van der Waals surface area contributed by atoms with Crippen molar-refractivity contribution in [3.63, 3.8) is 0 Å². The minimum atomic E-state index is -1.05. The van der Waals surface area contributed by atoms with Gasteiger partial charge in [0.2, 0.25) is 5.91 Å². The Morgan fingerprint density at radius 2 is 1.57 bits per heavy atom. The van der Waals surface area contributed by atoms with Crippen LogP contribution in [0.1, 0.15) is 56.0 Å². The molecule has 0 aromatic heterocycles. The van der Waals surface area contributed by atoms with Crippen LogP contribution >= 0.6 is 0 Å². The maximum absolute atomic E-state index is 14.2. The predicted molar refractivity (Wildman–Crippen MR) is 158 cm³/mol. The minimum Gasteiger partial charge on any atom is -0.444 e. The van der Waals surface area contributed by atoms with Crippen molar-refractivity contribution in [2.24, 2.45) is 0 Å². The molecule has 0 aliphatic rings. The van der Waals surface area contributed by atoms with E-state index in [4.69, 9.17) is 11.2 Å². The van der Waals surface area contributed by atoms with Gasteiger partial charge in [0.15, 0.2) is 0 Å². The molecule has 3 amide bonds. The Kier molecular flexibility index (Phi) is 10.1. The Balaban J connectivity index is 2.05. The Bertz CT molecular complexity index is 1370. The summed E-state index contributed by atoms with van der Waals surface area (Å²) in [7, 11) is 0. The molecule has 0 aliphatic carbocycles. The summed E-state index contributed by atoms with van der Waals surface area (Å²) < 4.78 is 5.46. The molecule has 0 spiro atoms. The first-order valence-corrected chi connectivity index (χ1v) is 13.3. The Morgan fingerprint density at radius 3 is 2.20 bits per heavy atom. The zero-order valence-corrected chi connectivity index (χ0v) is 23.7. The number of likely N-dealkylation sites (N-methyl/N-ethyl adjacent to an activating group) is 1. The molecule has 0 saturated heterocycles. The number of para-hydroxylation sites is 1. The molecule has 0 fully saturated rings. The maximum Gasteiger partial charge on any atom is 0.408 e. The molecule has 3 aromatic rings. The van der Waals surface area contributed by atoms with Crippen molar-refractivity contribution in [2.75, 3.05) is 11.9 Å². The van der Waals surface area contributed by atoms with Crippen molar-refractivity contribution >= 4 is 23.6 Å². The number of carbonyl (C=O) groups is 3. The zero-order valence-electron chi connectivity index (χ0n) is 23.7. The van der Waals surface area contributed by atoms with Crippen molar-refractivity contribution in [1.82, 2.24) is 10.2 Å². The summed E-state index contributed by atoms with van der Waals surface area (Å²) >= 11 is 0. The number of hydrogen-bond donors (Lipinski definition) is 2. The van der Waals surface area contributed by atoms with Crippen LogP contribution in [-0.4, -0.2) is 41.0 Å². The molecule has 3 rings (SSSR count). The lowest BCUT2D eigenvalue weighted by molar-refractivity contribution is -0.140. The van der Waals surface area contributed by atoms with Crippen LogP contribution in [0.15, 0.2) is 78.9 Å². The summed E-state index contributed by atoms with van der Waals surface area (Å²) in [6.45, 7) is 9.12. The number of rotatable bonds is 9. The van der Waals surface area contributed by atoms with Crippen LogP contribution in [0.5, 0.6) is 0 Å². The van der Waals surface area contributed by atoms with Crippen LogP contribution in [-0.2, 0) is 20.7 Å². The number of benzene rings is 3. The van der Waals surface area contributed by atoms with Gasteiger partial charge in [-0.15, -0.1) is 6.42 Å². The van der Waals surface area contributed by atoms with E-state index < -0.39 is 35.6 Å². The molecule has 0 saturated carbocycles. The molecule has 7 heteroatoms. The number of anilines is 1. The van der Waals surface area contributed by atoms with Gasteiger partial charge in [-0.3, -0.25) is 9.59 Å². The molecule has 0 heterocycles. The van der Waals surface area contributed by atoms with E-state index in [0.29, 0.717) is 16.8 Å². The highest BCUT2D eigenvalue weighted by atomic mass is 16.6. The predicted octanol–water partition coefficient (Wildman–Crippen LogP) is 5.64. The quantitative estimate of drug-likeness (QED) is 0.345. The number of ether oxygens (including phenoxy) is 1. The molecule has 0 bridgehead atoms. The van der Waals surface area contributed by atoms with Gasteiger partial charge in [0, 0.05) is 24.2 Å². The van der Waals surface area contributed by atoms with Crippen LogP contribution < -0.4 is 10.6 Å². The number of hydrogen-bond acceptors (Lipinski definition) is 4. The smallest absolute Gasteiger partial charge is 0.408 e. The summed E-state index contributed by atoms with van der Waals surface area (Å²) in [6.07, 6.45) is 5.30. The second kappa shape index (κ2) is 13.5. The third kappa shape index (κ3) is 7.97. The topological polar surface area (TPSA) is 87.7 Å². The van der Waals surface area contributed by atoms with Crippen LogP contribution in [0.4, 0.5) is 10.5 Å². The van der Waals surface area contributed by atoms with E-state index in [9.17, 15) is 14.4 Å². The van der Waals surface area contributed by atoms with Crippen molar-refractivity contribution in [3.05, 3.63) is 101 Å². The third-order valence-electron chi connectivity index (χ3n) is 6.27. The number of amides is 3. The monoisotopic (exact) mass is 539 g/mol. The normalized spacial score (nSPS) is 12.4. The number of carbonyl (C=O) groups excluding carboxylic acids is 3. The standard InChI is InChI=1S/C33H37N3O4/c1-7-25-19-13-14-20-26(25)29(30(37)34-27-21-15-12-16-23(27)3)36(8-2)31(38)28(22-24-17-10-9-11-18-24)35-32(39)40-33(4,5)6/h1,9-21,28-29H,8,22H2,2-6H3,(H,34,37)(H,35,39). The second-order valence-corrected chi connectivity index (χ2v) is 10.5. The van der Waals surface area contributed by atoms with Crippen molar-refractivity contribution in [1.29, 1.82) is 0 Å². The summed E-state index contributed by atoms with van der Waals surface area (Å²) in [5, 5.41) is 5.72. The van der Waals surface area contributed by atoms with Crippen molar-refractivity contribution < 1.29 is 19.1 Å². The molecule has 0 radical (unpaired) electrons. The third-order valence-corrected chi connectivity index (χ3v) is 6.27. The average molecular weight is 540 g/mol. The molecule has 0 aliphatic heterocycles. The molecule has 2 unspecified atom stereocenters. The Labute approximate surface area is 236 Å². The van der Waals surface area contributed by atoms with E-state index in [1.165, 1.54) is 4.90 Å². The van der Waals surface area contributed by atoms with Gasteiger partial charge < -0.3 is 20.3 Å². The zero-order chi connectivity index (χ0) is 29.3. The maximum atomic E-state index is 14.2. The Morgan fingerprint density at radius 1 is 0.950 bits per heavy atom. The summed E-state index contributed by atoms with van der Waals surface area (Å²) in [5.74, 6) is 1.79. The fourth-order valence-electron chi connectivity index (χ4n) is 4.40. The number of aryl methyl sites for hydroxylation is 1. The van der Waals surface area contributed by atoms with E-state index in [-0.39, 0.29) is 13.0 Å². The molecule has 7 nitrogen and oxygen atoms in total. The first kappa shape index (κ1) is 30.0. The Hall–Kier alpha value is -4.57. The lowest BCUT2D eigenvalue weighted by Crippen LogP contribution is -2.53. The number of nitrogens with one attached hydrogen (secondary N) is 2. The van der Waals surface area contributed by atoms with E-state index in [1.807, 2.05) is 55.5 Å². The van der Waals surface area contributed by atoms with Gasteiger partial charge >= 0.3 is 6.09 Å². The van der Waals surface area contributed by atoms with Crippen LogP contribution in [0.3, 0.4) is 0 Å². The highest BCUT2D eigenvalue weighted by Gasteiger charge is 2.36. The summed E-state index contributed by atoms with van der Waals surface area (Å²) in [5.41, 5.74) is 2.62. The molecular formula is C33H37N3O4. The van der Waals surface area contributed by atoms with Crippen molar-refractivity contribution in [3.8, 4) is 12.3 Å². The molecule has 3 aromatic carbocycles. The molecular weight excluding hydrogens is 502 g/mol. The lowest BCUT2D eigenvalue weighted by Gasteiger charge is -2.34. The van der Waals surface area contributed by atoms with Gasteiger partial charge in [-0.25, -0.2) is 4.79 Å². The minimum absolute atomic E-state index is 0.185. The summed E-state index contributed by atoms with van der Waals surface area (Å²) in [6, 6.07) is 21.8. The molecule has 2 atom stereocenters. The lowest BCUT2D eigenvalue weighted by atomic mass is 9.96. The van der Waals surface area contributed by atoms with E-state index in [1.54, 1.807) is 58.0 Å². The first-order chi connectivity index (χ1) is 19.0. The largest absolute Gasteiger partial charge is 0.444 e. The van der Waals surface area contributed by atoms with Gasteiger partial charge in [-0.2, -0.15) is 0 Å².